The van der Waals surface area contributed by atoms with Crippen LogP contribution in [0.15, 0.2) is 57.7 Å². The lowest BCUT2D eigenvalue weighted by atomic mass is 10.2. The van der Waals surface area contributed by atoms with Crippen LogP contribution in [-0.4, -0.2) is 19.1 Å². The van der Waals surface area contributed by atoms with Crippen molar-refractivity contribution in [1.29, 1.82) is 0 Å². The maximum atomic E-state index is 11.9. The van der Waals surface area contributed by atoms with Crippen LogP contribution in [0, 0.1) is 0 Å². The van der Waals surface area contributed by atoms with Crippen molar-refractivity contribution in [2.45, 2.75) is 6.61 Å². The van der Waals surface area contributed by atoms with Crippen molar-refractivity contribution in [3.05, 3.63) is 64.5 Å². The molecule has 5 heteroatoms. The van der Waals surface area contributed by atoms with Crippen LogP contribution in [0.2, 0.25) is 0 Å². The van der Waals surface area contributed by atoms with E-state index >= 15 is 0 Å². The highest BCUT2D eigenvalue weighted by molar-refractivity contribution is 5.76. The summed E-state index contributed by atoms with van der Waals surface area (Å²) in [6, 6.07) is 14.9. The van der Waals surface area contributed by atoms with E-state index in [2.05, 4.69) is 4.98 Å². The molecule has 0 saturated heterocycles. The van der Waals surface area contributed by atoms with Crippen LogP contribution in [0.4, 0.5) is 5.69 Å². The summed E-state index contributed by atoms with van der Waals surface area (Å²) in [5, 5.41) is 0.448. The first-order chi connectivity index (χ1) is 10.6. The molecule has 3 aromatic rings. The van der Waals surface area contributed by atoms with Gasteiger partial charge in [0.15, 0.2) is 0 Å². The average Bonchev–Trinajstić information content (AvgIpc) is 2.53. The van der Waals surface area contributed by atoms with E-state index in [1.165, 1.54) is 0 Å². The standard InChI is InChI=1S/C17H16N2O3/c1-19(2)15-10-6-3-7-12(15)11-21-17-18-14-9-5-4-8-13(14)16(20)22-17/h3-10H,11H2,1-2H3. The fourth-order valence-electron chi connectivity index (χ4n) is 2.27. The number of anilines is 1. The Kier molecular flexibility index (Phi) is 3.78. The van der Waals surface area contributed by atoms with E-state index in [1.807, 2.05) is 49.3 Å². The zero-order chi connectivity index (χ0) is 15.5. The molecule has 1 heterocycles. The van der Waals surface area contributed by atoms with Crippen molar-refractivity contribution >= 4 is 16.6 Å². The van der Waals surface area contributed by atoms with E-state index < -0.39 is 5.63 Å². The van der Waals surface area contributed by atoms with E-state index in [1.54, 1.807) is 18.2 Å². The Morgan fingerprint density at radius 2 is 1.82 bits per heavy atom. The monoisotopic (exact) mass is 296 g/mol. The third-order valence-corrected chi connectivity index (χ3v) is 3.34. The van der Waals surface area contributed by atoms with Crippen molar-refractivity contribution in [1.82, 2.24) is 4.98 Å². The van der Waals surface area contributed by atoms with Gasteiger partial charge in [-0.2, -0.15) is 4.98 Å². The maximum absolute atomic E-state index is 11.9. The minimum atomic E-state index is -0.443. The molecule has 0 unspecified atom stereocenters. The summed E-state index contributed by atoms with van der Waals surface area (Å²) in [5.74, 6) is 0. The van der Waals surface area contributed by atoms with Crippen LogP contribution in [0.1, 0.15) is 5.56 Å². The van der Waals surface area contributed by atoms with Gasteiger partial charge in [0.05, 0.1) is 10.9 Å². The summed E-state index contributed by atoms with van der Waals surface area (Å²) in [4.78, 5) is 18.1. The molecule has 112 valence electrons. The minimum Gasteiger partial charge on any atom is -0.445 e. The Bertz CT molecular complexity index is 856. The molecule has 0 aliphatic rings. The normalized spacial score (nSPS) is 10.6. The zero-order valence-corrected chi connectivity index (χ0v) is 12.4. The lowest BCUT2D eigenvalue weighted by Crippen LogP contribution is -2.12. The number of para-hydroxylation sites is 2. The first-order valence-corrected chi connectivity index (χ1v) is 6.93. The van der Waals surface area contributed by atoms with Gasteiger partial charge in [-0.15, -0.1) is 0 Å². The Balaban J connectivity index is 1.87. The van der Waals surface area contributed by atoms with Gasteiger partial charge in [0.2, 0.25) is 0 Å². The number of fused-ring (bicyclic) bond motifs is 1. The molecular formula is C17H16N2O3. The Morgan fingerprint density at radius 1 is 1.09 bits per heavy atom. The smallest absolute Gasteiger partial charge is 0.397 e. The third kappa shape index (κ3) is 2.79. The van der Waals surface area contributed by atoms with E-state index in [0.29, 0.717) is 10.9 Å². The number of hydrogen-bond acceptors (Lipinski definition) is 5. The predicted molar refractivity (Wildman–Crippen MR) is 85.4 cm³/mol. The van der Waals surface area contributed by atoms with Crippen molar-refractivity contribution in [2.75, 3.05) is 19.0 Å². The molecule has 0 saturated carbocycles. The molecule has 3 rings (SSSR count). The molecule has 5 nitrogen and oxygen atoms in total. The van der Waals surface area contributed by atoms with E-state index in [0.717, 1.165) is 11.3 Å². The first-order valence-electron chi connectivity index (χ1n) is 6.93. The average molecular weight is 296 g/mol. The Labute approximate surface area is 127 Å². The maximum Gasteiger partial charge on any atom is 0.397 e. The molecular weight excluding hydrogens is 280 g/mol. The van der Waals surface area contributed by atoms with E-state index in [9.17, 15) is 4.79 Å². The lowest BCUT2D eigenvalue weighted by molar-refractivity contribution is 0.207. The number of nitrogens with zero attached hydrogens (tertiary/aromatic N) is 2. The van der Waals surface area contributed by atoms with Crippen molar-refractivity contribution < 1.29 is 9.15 Å². The number of benzene rings is 2. The molecule has 0 radical (unpaired) electrons. The van der Waals surface area contributed by atoms with Gasteiger partial charge in [-0.25, -0.2) is 4.79 Å². The van der Waals surface area contributed by atoms with Gasteiger partial charge in [-0.3, -0.25) is 0 Å². The summed E-state index contributed by atoms with van der Waals surface area (Å²) in [6.07, 6.45) is -0.0164. The Hall–Kier alpha value is -2.82. The summed E-state index contributed by atoms with van der Waals surface area (Å²) < 4.78 is 10.7. The molecule has 0 bridgehead atoms. The van der Waals surface area contributed by atoms with Crippen molar-refractivity contribution in [2.24, 2.45) is 0 Å². The number of ether oxygens (including phenoxy) is 1. The molecule has 0 N–H and O–H groups in total. The molecule has 0 aliphatic carbocycles. The Morgan fingerprint density at radius 3 is 2.64 bits per heavy atom. The van der Waals surface area contributed by atoms with Gasteiger partial charge in [-0.05, 0) is 18.2 Å². The number of hydrogen-bond donors (Lipinski definition) is 0. The second kappa shape index (κ2) is 5.89. The van der Waals surface area contributed by atoms with Crippen LogP contribution in [0.3, 0.4) is 0 Å². The molecule has 0 fully saturated rings. The molecule has 2 aromatic carbocycles. The van der Waals surface area contributed by atoms with Gasteiger partial charge < -0.3 is 14.1 Å². The minimum absolute atomic E-state index is 0.0164. The van der Waals surface area contributed by atoms with Crippen LogP contribution < -0.4 is 15.3 Å². The largest absolute Gasteiger partial charge is 0.445 e. The number of rotatable bonds is 4. The van der Waals surface area contributed by atoms with Gasteiger partial charge in [0.25, 0.3) is 0 Å². The second-order valence-electron chi connectivity index (χ2n) is 5.10. The summed E-state index contributed by atoms with van der Waals surface area (Å²) in [5.41, 5.74) is 2.16. The van der Waals surface area contributed by atoms with E-state index in [4.69, 9.17) is 9.15 Å². The van der Waals surface area contributed by atoms with Crippen molar-refractivity contribution in [3.8, 4) is 6.08 Å². The molecule has 0 amide bonds. The van der Waals surface area contributed by atoms with E-state index in [-0.39, 0.29) is 12.7 Å². The summed E-state index contributed by atoms with van der Waals surface area (Å²) in [7, 11) is 3.93. The quantitative estimate of drug-likeness (QED) is 0.741. The summed E-state index contributed by atoms with van der Waals surface area (Å²) in [6.45, 7) is 0.280. The third-order valence-electron chi connectivity index (χ3n) is 3.34. The first kappa shape index (κ1) is 14.1. The van der Waals surface area contributed by atoms with Crippen molar-refractivity contribution in [3.63, 3.8) is 0 Å². The van der Waals surface area contributed by atoms with Gasteiger partial charge in [0.1, 0.15) is 6.61 Å². The molecule has 22 heavy (non-hydrogen) atoms. The van der Waals surface area contributed by atoms with Crippen LogP contribution >= 0.6 is 0 Å². The number of aromatic nitrogens is 1. The second-order valence-corrected chi connectivity index (χ2v) is 5.10. The predicted octanol–water partition coefficient (Wildman–Crippen LogP) is 2.83. The van der Waals surface area contributed by atoms with Crippen LogP contribution in [-0.2, 0) is 6.61 Å². The highest BCUT2D eigenvalue weighted by Gasteiger charge is 2.09. The van der Waals surface area contributed by atoms with Gasteiger partial charge in [-0.1, -0.05) is 30.3 Å². The highest BCUT2D eigenvalue weighted by atomic mass is 16.6. The topological polar surface area (TPSA) is 55.6 Å². The summed E-state index contributed by atoms with van der Waals surface area (Å²) >= 11 is 0. The van der Waals surface area contributed by atoms with Crippen LogP contribution in [0.25, 0.3) is 10.9 Å². The molecule has 0 spiro atoms. The molecule has 0 atom stereocenters. The highest BCUT2D eigenvalue weighted by Crippen LogP contribution is 2.20. The zero-order valence-electron chi connectivity index (χ0n) is 12.4. The van der Waals surface area contributed by atoms with Crippen LogP contribution in [0.5, 0.6) is 6.08 Å². The lowest BCUT2D eigenvalue weighted by Gasteiger charge is -2.17. The fourth-order valence-corrected chi connectivity index (χ4v) is 2.27. The SMILES string of the molecule is CN(C)c1ccccc1COc1nc2ccccc2c(=O)o1. The molecule has 0 aliphatic heterocycles. The van der Waals surface area contributed by atoms with Gasteiger partial charge in [0, 0.05) is 25.3 Å². The molecule has 1 aromatic heterocycles. The fraction of sp³-hybridized carbons (Fsp3) is 0.176. The van der Waals surface area contributed by atoms with Gasteiger partial charge >= 0.3 is 11.7 Å².